The molecule has 0 spiro atoms. The van der Waals surface area contributed by atoms with Crippen LogP contribution in [0.3, 0.4) is 0 Å². The van der Waals surface area contributed by atoms with Gasteiger partial charge in [0.05, 0.1) is 26.4 Å². The van der Waals surface area contributed by atoms with Crippen molar-refractivity contribution >= 4 is 0 Å². The summed E-state index contributed by atoms with van der Waals surface area (Å²) in [5.41, 5.74) is 0. The minimum atomic E-state index is -0.552. The van der Waals surface area contributed by atoms with E-state index < -0.39 is 23.1 Å². The number of ether oxygens (including phenoxy) is 10. The van der Waals surface area contributed by atoms with Crippen LogP contribution in [-0.4, -0.2) is 98.4 Å². The maximum atomic E-state index is 6.35. The van der Waals surface area contributed by atoms with E-state index in [4.69, 9.17) is 47.4 Å². The van der Waals surface area contributed by atoms with Crippen LogP contribution < -0.4 is 0 Å². The standard InChI is InChI=1S/2C18H32O5/c1-11(2)7-17(5)20-10-14(21-17)15-16-13(9-19-15)22-18(6,23-16)8-12(3)4;1-11(2)7-17(5)19-9-13-15(22-17)16-14(21-13)10-20-18(6,23-16)8-12(3)4/h2*11-16H,7-10H2,1-6H3. The lowest BCUT2D eigenvalue weighted by Crippen LogP contribution is -2.56. The Kier molecular flexibility index (Phi) is 11.3. The molecule has 46 heavy (non-hydrogen) atoms. The zero-order chi connectivity index (χ0) is 33.7. The molecule has 268 valence electrons. The molecular formula is C36H64O10. The highest BCUT2D eigenvalue weighted by molar-refractivity contribution is 5.00. The second kappa shape index (κ2) is 14.1. The molecule has 0 bridgehead atoms. The van der Waals surface area contributed by atoms with Gasteiger partial charge in [-0.15, -0.1) is 0 Å². The molecule has 0 radical (unpaired) electrons. The molecule has 6 rings (SSSR count). The molecule has 12 atom stereocenters. The minimum Gasteiger partial charge on any atom is -0.370 e. The van der Waals surface area contributed by atoms with Gasteiger partial charge in [0.1, 0.15) is 48.8 Å². The van der Waals surface area contributed by atoms with E-state index in [-0.39, 0.29) is 48.8 Å². The van der Waals surface area contributed by atoms with Gasteiger partial charge in [0, 0.05) is 25.7 Å². The zero-order valence-corrected chi connectivity index (χ0v) is 30.7. The summed E-state index contributed by atoms with van der Waals surface area (Å²) in [5.74, 6) is -0.0522. The molecule has 10 heteroatoms. The van der Waals surface area contributed by atoms with Crippen molar-refractivity contribution in [3.63, 3.8) is 0 Å². The van der Waals surface area contributed by atoms with Gasteiger partial charge >= 0.3 is 0 Å². The van der Waals surface area contributed by atoms with Crippen LogP contribution >= 0.6 is 0 Å². The van der Waals surface area contributed by atoms with Crippen molar-refractivity contribution < 1.29 is 47.4 Å². The molecule has 0 saturated carbocycles. The summed E-state index contributed by atoms with van der Waals surface area (Å²) in [6.07, 6.45) is 2.99. The lowest BCUT2D eigenvalue weighted by Gasteiger charge is -2.45. The zero-order valence-electron chi connectivity index (χ0n) is 30.7. The monoisotopic (exact) mass is 656 g/mol. The maximum absolute atomic E-state index is 6.35. The van der Waals surface area contributed by atoms with Crippen molar-refractivity contribution in [1.82, 2.24) is 0 Å². The molecule has 10 nitrogen and oxygen atoms in total. The summed E-state index contributed by atoms with van der Waals surface area (Å²) in [6.45, 7) is 27.8. The highest BCUT2D eigenvalue weighted by atomic mass is 16.8. The van der Waals surface area contributed by atoms with Crippen LogP contribution in [0.25, 0.3) is 0 Å². The fourth-order valence-electron chi connectivity index (χ4n) is 8.52. The molecule has 0 aromatic rings. The summed E-state index contributed by atoms with van der Waals surface area (Å²) in [4.78, 5) is 0. The van der Waals surface area contributed by atoms with E-state index in [0.717, 1.165) is 25.7 Å². The second-order valence-electron chi connectivity index (χ2n) is 16.9. The van der Waals surface area contributed by atoms with Crippen LogP contribution in [-0.2, 0) is 47.4 Å². The number of rotatable bonds is 9. The first kappa shape index (κ1) is 36.9. The first-order valence-electron chi connectivity index (χ1n) is 18.0. The van der Waals surface area contributed by atoms with Crippen LogP contribution in [0.1, 0.15) is 109 Å². The molecule has 0 aromatic heterocycles. The largest absolute Gasteiger partial charge is 0.370 e. The Morgan fingerprint density at radius 1 is 0.413 bits per heavy atom. The Morgan fingerprint density at radius 2 is 0.739 bits per heavy atom. The van der Waals surface area contributed by atoms with Crippen LogP contribution in [0.2, 0.25) is 0 Å². The summed E-state index contributed by atoms with van der Waals surface area (Å²) >= 11 is 0. The number of fused-ring (bicyclic) bond motifs is 4. The van der Waals surface area contributed by atoms with Gasteiger partial charge in [0.15, 0.2) is 23.1 Å². The Morgan fingerprint density at radius 3 is 1.20 bits per heavy atom. The van der Waals surface area contributed by atoms with Gasteiger partial charge in [-0.25, -0.2) is 0 Å². The van der Waals surface area contributed by atoms with Crippen molar-refractivity contribution in [1.29, 1.82) is 0 Å². The summed E-state index contributed by atoms with van der Waals surface area (Å²) in [6, 6.07) is 0. The highest BCUT2D eigenvalue weighted by Gasteiger charge is 2.58. The van der Waals surface area contributed by atoms with E-state index in [2.05, 4.69) is 55.4 Å². The summed E-state index contributed by atoms with van der Waals surface area (Å²) in [7, 11) is 0. The Bertz CT molecular complexity index is 969. The van der Waals surface area contributed by atoms with E-state index in [9.17, 15) is 0 Å². The van der Waals surface area contributed by atoms with Crippen LogP contribution in [0.5, 0.6) is 0 Å². The maximum Gasteiger partial charge on any atom is 0.167 e. The molecule has 6 heterocycles. The average molecular weight is 657 g/mol. The second-order valence-corrected chi connectivity index (χ2v) is 16.9. The molecule has 6 aliphatic rings. The molecule has 6 fully saturated rings. The smallest absolute Gasteiger partial charge is 0.167 e. The molecular weight excluding hydrogens is 592 g/mol. The van der Waals surface area contributed by atoms with Gasteiger partial charge in [-0.05, 0) is 51.4 Å². The van der Waals surface area contributed by atoms with Crippen molar-refractivity contribution in [2.45, 2.75) is 181 Å². The van der Waals surface area contributed by atoms with E-state index in [1.807, 2.05) is 27.7 Å². The predicted molar refractivity (Wildman–Crippen MR) is 172 cm³/mol. The normalized spacial score (nSPS) is 47.0. The molecule has 6 saturated heterocycles. The Balaban J connectivity index is 0.000000181. The third-order valence-electron chi connectivity index (χ3n) is 9.65. The van der Waals surface area contributed by atoms with Gasteiger partial charge in [0.25, 0.3) is 0 Å². The number of hydrogen-bond donors (Lipinski definition) is 0. The van der Waals surface area contributed by atoms with Gasteiger partial charge in [-0.3, -0.25) is 0 Å². The van der Waals surface area contributed by atoms with E-state index in [0.29, 0.717) is 50.1 Å². The fraction of sp³-hybridized carbons (Fsp3) is 1.00. The molecule has 0 aromatic carbocycles. The Labute approximate surface area is 278 Å². The van der Waals surface area contributed by atoms with Gasteiger partial charge in [0.2, 0.25) is 0 Å². The Hall–Kier alpha value is -0.400. The van der Waals surface area contributed by atoms with Crippen molar-refractivity contribution in [2.75, 3.05) is 26.4 Å². The predicted octanol–water partition coefficient (Wildman–Crippen LogP) is 6.22. The van der Waals surface area contributed by atoms with Gasteiger partial charge in [-0.1, -0.05) is 55.4 Å². The van der Waals surface area contributed by atoms with Gasteiger partial charge in [-0.2, -0.15) is 0 Å². The third-order valence-corrected chi connectivity index (χ3v) is 9.65. The first-order valence-corrected chi connectivity index (χ1v) is 18.0. The molecule has 0 N–H and O–H groups in total. The average Bonchev–Trinajstić information content (AvgIpc) is 3.63. The lowest BCUT2D eigenvalue weighted by atomic mass is 9.98. The first-order chi connectivity index (χ1) is 21.4. The van der Waals surface area contributed by atoms with E-state index >= 15 is 0 Å². The highest BCUT2D eigenvalue weighted by Crippen LogP contribution is 2.44. The van der Waals surface area contributed by atoms with Gasteiger partial charge < -0.3 is 47.4 Å². The number of hydrogen-bond acceptors (Lipinski definition) is 10. The van der Waals surface area contributed by atoms with Crippen molar-refractivity contribution in [3.8, 4) is 0 Å². The van der Waals surface area contributed by atoms with Crippen molar-refractivity contribution in [2.24, 2.45) is 23.7 Å². The van der Waals surface area contributed by atoms with E-state index in [1.165, 1.54) is 0 Å². The quantitative estimate of drug-likeness (QED) is 0.285. The minimum absolute atomic E-state index is 0.00399. The SMILES string of the molecule is CC(C)CC1(C)OCC(C2OCC3OC(C)(CC(C)C)OC32)O1.CC(C)CC1(C)OCC2OC3COC(C)(CC(C)C)OC3C2O1. The molecule has 12 unspecified atom stereocenters. The topological polar surface area (TPSA) is 92.3 Å². The lowest BCUT2D eigenvalue weighted by molar-refractivity contribution is -0.341. The van der Waals surface area contributed by atoms with Crippen LogP contribution in [0.15, 0.2) is 0 Å². The molecule has 0 amide bonds. The molecule has 6 aliphatic heterocycles. The summed E-state index contributed by atoms with van der Waals surface area (Å²) in [5, 5.41) is 0. The molecule has 0 aliphatic carbocycles. The summed E-state index contributed by atoms with van der Waals surface area (Å²) < 4.78 is 61.2. The fourth-order valence-corrected chi connectivity index (χ4v) is 8.52. The van der Waals surface area contributed by atoms with Crippen molar-refractivity contribution in [3.05, 3.63) is 0 Å². The van der Waals surface area contributed by atoms with Crippen LogP contribution in [0.4, 0.5) is 0 Å². The third kappa shape index (κ3) is 8.66. The van der Waals surface area contributed by atoms with Crippen LogP contribution in [0, 0.1) is 23.7 Å². The van der Waals surface area contributed by atoms with E-state index in [1.54, 1.807) is 0 Å².